The molecule has 198 valence electrons. The van der Waals surface area contributed by atoms with Crippen LogP contribution in [-0.4, -0.2) is 49.3 Å². The maximum Gasteiger partial charge on any atom is 0.319 e. The van der Waals surface area contributed by atoms with E-state index >= 15 is 4.39 Å². The van der Waals surface area contributed by atoms with E-state index in [2.05, 4.69) is 19.9 Å². The largest absolute Gasteiger partial charge is 0.508 e. The van der Waals surface area contributed by atoms with Gasteiger partial charge >= 0.3 is 6.01 Å². The van der Waals surface area contributed by atoms with Crippen molar-refractivity contribution in [1.29, 1.82) is 0 Å². The van der Waals surface area contributed by atoms with Crippen LogP contribution in [0.5, 0.6) is 11.8 Å². The first kappa shape index (κ1) is 23.8. The van der Waals surface area contributed by atoms with Crippen LogP contribution in [0.1, 0.15) is 25.0 Å². The number of nitrogens with zero attached hydrogens (tertiary/aromatic N) is 6. The second-order valence-corrected chi connectivity index (χ2v) is 10.8. The predicted molar refractivity (Wildman–Crippen MR) is 147 cm³/mol. The summed E-state index contributed by atoms with van der Waals surface area (Å²) < 4.78 is 24.3. The Morgan fingerprint density at radius 1 is 1.05 bits per heavy atom. The van der Waals surface area contributed by atoms with Crippen molar-refractivity contribution in [2.24, 2.45) is 18.9 Å². The molecule has 7 rings (SSSR count). The molecular formula is C30H29FN6O2. The van der Waals surface area contributed by atoms with E-state index in [-0.39, 0.29) is 23.0 Å². The average molecular weight is 525 g/mol. The van der Waals surface area contributed by atoms with E-state index in [4.69, 9.17) is 9.72 Å². The number of ether oxygens (including phenoxy) is 1. The van der Waals surface area contributed by atoms with Gasteiger partial charge in [0.1, 0.15) is 22.8 Å². The Balaban J connectivity index is 1.33. The number of rotatable bonds is 6. The predicted octanol–water partition coefficient (Wildman–Crippen LogP) is 5.28. The molecule has 8 nitrogen and oxygen atoms in total. The van der Waals surface area contributed by atoms with E-state index in [0.717, 1.165) is 29.6 Å². The number of halogens is 1. The Morgan fingerprint density at radius 2 is 1.87 bits per heavy atom. The normalized spacial score (nSPS) is 18.8. The lowest BCUT2D eigenvalue weighted by Gasteiger charge is -2.33. The van der Waals surface area contributed by atoms with E-state index in [1.807, 2.05) is 35.9 Å². The van der Waals surface area contributed by atoms with Crippen LogP contribution >= 0.6 is 0 Å². The van der Waals surface area contributed by atoms with Crippen LogP contribution in [0.4, 0.5) is 10.2 Å². The fourth-order valence-corrected chi connectivity index (χ4v) is 6.26. The fraction of sp³-hybridized carbons (Fsp3) is 0.333. The first-order chi connectivity index (χ1) is 19.0. The van der Waals surface area contributed by atoms with E-state index in [1.54, 1.807) is 30.9 Å². The molecule has 1 N–H and O–H groups in total. The van der Waals surface area contributed by atoms with Crippen molar-refractivity contribution in [2.75, 3.05) is 24.6 Å². The molecule has 0 radical (unpaired) electrons. The summed E-state index contributed by atoms with van der Waals surface area (Å²) in [5.74, 6) is 1.42. The van der Waals surface area contributed by atoms with Gasteiger partial charge in [0.25, 0.3) is 0 Å². The highest BCUT2D eigenvalue weighted by molar-refractivity contribution is 5.99. The highest BCUT2D eigenvalue weighted by Crippen LogP contribution is 2.41. The highest BCUT2D eigenvalue weighted by Gasteiger charge is 2.34. The number of hydrogen-bond donors (Lipinski definition) is 1. The standard InChI is InChI=1S/C30H29FN6O2/c1-36-17-32-13-21(36)8-9-39-30-34-28-25(29(35-30)37-15-18-6-7-19(10-18)16-37)14-33-27(26(28)31)24-12-22(38)11-20-4-2-3-5-23(20)24/h2-5,11-14,17-19,38H,6-10,15-16H2,1H3. The summed E-state index contributed by atoms with van der Waals surface area (Å²) in [5, 5.41) is 12.6. The molecule has 2 unspecified atom stereocenters. The van der Waals surface area contributed by atoms with E-state index in [9.17, 15) is 5.11 Å². The van der Waals surface area contributed by atoms with Crippen molar-refractivity contribution in [3.63, 3.8) is 0 Å². The first-order valence-corrected chi connectivity index (χ1v) is 13.4. The monoisotopic (exact) mass is 524 g/mol. The molecule has 1 aliphatic heterocycles. The molecule has 2 aromatic carbocycles. The van der Waals surface area contributed by atoms with Gasteiger partial charge in [-0.05, 0) is 54.0 Å². The van der Waals surface area contributed by atoms with E-state index in [1.165, 1.54) is 19.3 Å². The van der Waals surface area contributed by atoms with Gasteiger partial charge in [0.05, 0.1) is 18.3 Å². The zero-order chi connectivity index (χ0) is 26.5. The summed E-state index contributed by atoms with van der Waals surface area (Å²) in [6.45, 7) is 2.11. The average Bonchev–Trinajstić information content (AvgIpc) is 3.51. The van der Waals surface area contributed by atoms with Gasteiger partial charge in [-0.3, -0.25) is 4.98 Å². The molecule has 2 fully saturated rings. The van der Waals surface area contributed by atoms with E-state index in [0.29, 0.717) is 41.6 Å². The molecular weight excluding hydrogens is 495 g/mol. The van der Waals surface area contributed by atoms with Crippen LogP contribution in [0, 0.1) is 17.7 Å². The highest BCUT2D eigenvalue weighted by atomic mass is 19.1. The number of aromatic hydroxyl groups is 1. The molecule has 2 atom stereocenters. The zero-order valence-corrected chi connectivity index (χ0v) is 21.7. The van der Waals surface area contributed by atoms with Crippen LogP contribution in [0.25, 0.3) is 32.9 Å². The summed E-state index contributed by atoms with van der Waals surface area (Å²) in [4.78, 5) is 20.3. The van der Waals surface area contributed by atoms with Crippen LogP contribution in [0.2, 0.25) is 0 Å². The minimum Gasteiger partial charge on any atom is -0.508 e. The number of anilines is 1. The number of phenols is 1. The molecule has 2 bridgehead atoms. The quantitative estimate of drug-likeness (QED) is 0.323. The number of fused-ring (bicyclic) bond motifs is 4. The smallest absolute Gasteiger partial charge is 0.319 e. The summed E-state index contributed by atoms with van der Waals surface area (Å²) in [6.07, 6.45) is 9.53. The third-order valence-electron chi connectivity index (χ3n) is 8.16. The van der Waals surface area contributed by atoms with Crippen molar-refractivity contribution in [2.45, 2.75) is 25.7 Å². The lowest BCUT2D eigenvalue weighted by atomic mass is 9.98. The number of piperidine rings is 1. The molecule has 0 spiro atoms. The number of pyridine rings is 1. The molecule has 3 aromatic heterocycles. The zero-order valence-electron chi connectivity index (χ0n) is 21.7. The van der Waals surface area contributed by atoms with Gasteiger partial charge < -0.3 is 19.3 Å². The summed E-state index contributed by atoms with van der Waals surface area (Å²) >= 11 is 0. The lowest BCUT2D eigenvalue weighted by Crippen LogP contribution is -2.37. The number of phenolic OH excluding ortho intramolecular Hbond substituents is 1. The second-order valence-electron chi connectivity index (χ2n) is 10.8. The number of aryl methyl sites for hydroxylation is 1. The summed E-state index contributed by atoms with van der Waals surface area (Å²) in [6, 6.07) is 10.9. The number of benzene rings is 2. The van der Waals surface area contributed by atoms with E-state index < -0.39 is 5.82 Å². The Morgan fingerprint density at radius 3 is 2.67 bits per heavy atom. The second kappa shape index (κ2) is 9.48. The van der Waals surface area contributed by atoms with Gasteiger partial charge in [-0.25, -0.2) is 9.37 Å². The fourth-order valence-electron chi connectivity index (χ4n) is 6.26. The maximum absolute atomic E-state index is 16.4. The van der Waals surface area contributed by atoms with Gasteiger partial charge in [0, 0.05) is 50.2 Å². The Bertz CT molecular complexity index is 1690. The van der Waals surface area contributed by atoms with Crippen molar-refractivity contribution >= 4 is 27.5 Å². The van der Waals surface area contributed by atoms with Crippen molar-refractivity contribution in [3.05, 3.63) is 66.6 Å². The van der Waals surface area contributed by atoms with Crippen LogP contribution in [0.3, 0.4) is 0 Å². The Hall–Kier alpha value is -4.27. The van der Waals surface area contributed by atoms with Crippen LogP contribution in [-0.2, 0) is 13.5 Å². The van der Waals surface area contributed by atoms with Crippen molar-refractivity contribution in [1.82, 2.24) is 24.5 Å². The number of aromatic nitrogens is 5. The molecule has 5 aromatic rings. The molecule has 4 heterocycles. The minimum absolute atomic E-state index is 0.0522. The van der Waals surface area contributed by atoms with Gasteiger partial charge in [-0.1, -0.05) is 24.3 Å². The minimum atomic E-state index is -0.552. The van der Waals surface area contributed by atoms with Crippen molar-refractivity contribution < 1.29 is 14.2 Å². The third-order valence-corrected chi connectivity index (χ3v) is 8.16. The Labute approximate surface area is 225 Å². The molecule has 1 aliphatic carbocycles. The van der Waals surface area contributed by atoms with Gasteiger partial charge in [-0.15, -0.1) is 0 Å². The van der Waals surface area contributed by atoms with Gasteiger partial charge in [-0.2, -0.15) is 9.97 Å². The lowest BCUT2D eigenvalue weighted by molar-refractivity contribution is 0.294. The maximum atomic E-state index is 16.4. The van der Waals surface area contributed by atoms with Crippen molar-refractivity contribution in [3.8, 4) is 23.0 Å². The third kappa shape index (κ3) is 4.31. The van der Waals surface area contributed by atoms with Crippen LogP contribution < -0.4 is 9.64 Å². The molecule has 9 heteroatoms. The van der Waals surface area contributed by atoms with Gasteiger partial charge in [0.2, 0.25) is 0 Å². The van der Waals surface area contributed by atoms with Gasteiger partial charge in [0.15, 0.2) is 5.82 Å². The SMILES string of the molecule is Cn1cncc1CCOc1nc(N2CC3CCC(C3)C2)c2cnc(-c3cc(O)cc4ccccc34)c(F)c2n1. The topological polar surface area (TPSA) is 89.2 Å². The molecule has 1 saturated heterocycles. The van der Waals surface area contributed by atoms with Crippen LogP contribution in [0.15, 0.2) is 55.1 Å². The summed E-state index contributed by atoms with van der Waals surface area (Å²) in [5.41, 5.74) is 1.85. The first-order valence-electron chi connectivity index (χ1n) is 13.4. The molecule has 0 amide bonds. The number of hydrogen-bond acceptors (Lipinski definition) is 7. The Kier molecular flexibility index (Phi) is 5.79. The number of imidazole rings is 1. The molecule has 1 saturated carbocycles. The molecule has 2 aliphatic rings. The molecule has 39 heavy (non-hydrogen) atoms. The summed E-state index contributed by atoms with van der Waals surface area (Å²) in [7, 11) is 1.94.